The Kier molecular flexibility index (Phi) is 3.17. The van der Waals surface area contributed by atoms with Crippen molar-refractivity contribution in [1.82, 2.24) is 5.32 Å². The van der Waals surface area contributed by atoms with Crippen LogP contribution in [0.5, 0.6) is 0 Å². The lowest BCUT2D eigenvalue weighted by Gasteiger charge is -2.30. The highest BCUT2D eigenvalue weighted by atomic mass is 16.3. The monoisotopic (exact) mass is 231 g/mol. The fourth-order valence-corrected chi connectivity index (χ4v) is 3.32. The standard InChI is InChI=1S/C15H21NO/c17-15-10-4-9-14(15)16-13-8-3-6-11-5-1-2-7-12(11)13/h1-2,5,7,13-17H,3-4,6,8-10H2. The number of aliphatic hydroxyl groups excluding tert-OH is 1. The van der Waals surface area contributed by atoms with Crippen LogP contribution in [-0.4, -0.2) is 17.3 Å². The minimum atomic E-state index is -0.135. The Morgan fingerprint density at radius 3 is 2.76 bits per heavy atom. The van der Waals surface area contributed by atoms with Crippen LogP contribution >= 0.6 is 0 Å². The van der Waals surface area contributed by atoms with Crippen LogP contribution < -0.4 is 5.32 Å². The Balaban J connectivity index is 1.76. The van der Waals surface area contributed by atoms with E-state index in [1.54, 1.807) is 0 Å². The minimum Gasteiger partial charge on any atom is -0.392 e. The van der Waals surface area contributed by atoms with Crippen molar-refractivity contribution in [3.05, 3.63) is 35.4 Å². The van der Waals surface area contributed by atoms with Gasteiger partial charge in [0.15, 0.2) is 0 Å². The first-order chi connectivity index (χ1) is 8.34. The number of aryl methyl sites for hydroxylation is 1. The van der Waals surface area contributed by atoms with Gasteiger partial charge in [-0.15, -0.1) is 0 Å². The number of hydrogen-bond acceptors (Lipinski definition) is 2. The molecule has 2 aliphatic rings. The van der Waals surface area contributed by atoms with Gasteiger partial charge in [-0.25, -0.2) is 0 Å². The third kappa shape index (κ3) is 2.24. The molecule has 0 spiro atoms. The Hall–Kier alpha value is -0.860. The van der Waals surface area contributed by atoms with Crippen LogP contribution in [0.4, 0.5) is 0 Å². The lowest BCUT2D eigenvalue weighted by molar-refractivity contribution is 0.141. The van der Waals surface area contributed by atoms with E-state index in [4.69, 9.17) is 0 Å². The Labute approximate surface area is 103 Å². The molecule has 2 nitrogen and oxygen atoms in total. The number of fused-ring (bicyclic) bond motifs is 1. The van der Waals surface area contributed by atoms with Crippen molar-refractivity contribution in [3.63, 3.8) is 0 Å². The van der Waals surface area contributed by atoms with Crippen molar-refractivity contribution in [2.75, 3.05) is 0 Å². The zero-order valence-electron chi connectivity index (χ0n) is 10.2. The minimum absolute atomic E-state index is 0.135. The van der Waals surface area contributed by atoms with Crippen LogP contribution in [0.25, 0.3) is 0 Å². The number of nitrogens with one attached hydrogen (secondary N) is 1. The summed E-state index contributed by atoms with van der Waals surface area (Å²) in [5.41, 5.74) is 2.95. The number of benzene rings is 1. The first-order valence-corrected chi connectivity index (χ1v) is 6.86. The van der Waals surface area contributed by atoms with E-state index in [9.17, 15) is 5.11 Å². The van der Waals surface area contributed by atoms with E-state index in [0.717, 1.165) is 19.3 Å². The summed E-state index contributed by atoms with van der Waals surface area (Å²) in [6.07, 6.45) is 6.79. The summed E-state index contributed by atoms with van der Waals surface area (Å²) in [5, 5.41) is 13.6. The average molecular weight is 231 g/mol. The third-order valence-electron chi connectivity index (χ3n) is 4.26. The van der Waals surface area contributed by atoms with E-state index in [-0.39, 0.29) is 6.10 Å². The van der Waals surface area contributed by atoms with E-state index in [0.29, 0.717) is 12.1 Å². The molecule has 2 heteroatoms. The predicted molar refractivity (Wildman–Crippen MR) is 68.9 cm³/mol. The Morgan fingerprint density at radius 2 is 1.94 bits per heavy atom. The van der Waals surface area contributed by atoms with Crippen molar-refractivity contribution >= 4 is 0 Å². The fourth-order valence-electron chi connectivity index (χ4n) is 3.32. The summed E-state index contributed by atoms with van der Waals surface area (Å²) < 4.78 is 0. The van der Waals surface area contributed by atoms with Gasteiger partial charge in [-0.2, -0.15) is 0 Å². The second kappa shape index (κ2) is 4.79. The summed E-state index contributed by atoms with van der Waals surface area (Å²) in [4.78, 5) is 0. The van der Waals surface area contributed by atoms with Gasteiger partial charge in [0.05, 0.1) is 6.10 Å². The van der Waals surface area contributed by atoms with E-state index in [2.05, 4.69) is 29.6 Å². The van der Waals surface area contributed by atoms with Gasteiger partial charge >= 0.3 is 0 Å². The van der Waals surface area contributed by atoms with Crippen molar-refractivity contribution in [2.24, 2.45) is 0 Å². The molecule has 2 aliphatic carbocycles. The molecule has 1 aromatic rings. The molecule has 0 aliphatic heterocycles. The van der Waals surface area contributed by atoms with Crippen LogP contribution in [0, 0.1) is 0 Å². The number of rotatable bonds is 2. The molecule has 92 valence electrons. The van der Waals surface area contributed by atoms with Crippen LogP contribution in [0.2, 0.25) is 0 Å². The molecule has 1 fully saturated rings. The molecule has 3 rings (SSSR count). The smallest absolute Gasteiger partial charge is 0.0693 e. The molecule has 0 bridgehead atoms. The quantitative estimate of drug-likeness (QED) is 0.820. The molecule has 1 aromatic carbocycles. The third-order valence-corrected chi connectivity index (χ3v) is 4.26. The molecule has 0 aromatic heterocycles. The lowest BCUT2D eigenvalue weighted by Crippen LogP contribution is -2.39. The summed E-state index contributed by atoms with van der Waals surface area (Å²) in [5.74, 6) is 0. The second-order valence-corrected chi connectivity index (χ2v) is 5.42. The van der Waals surface area contributed by atoms with Gasteiger partial charge in [0.1, 0.15) is 0 Å². The number of hydrogen-bond donors (Lipinski definition) is 2. The largest absolute Gasteiger partial charge is 0.392 e. The SMILES string of the molecule is OC1CCCC1NC1CCCc2ccccc21. The van der Waals surface area contributed by atoms with Gasteiger partial charge in [0.25, 0.3) is 0 Å². The van der Waals surface area contributed by atoms with E-state index in [1.807, 2.05) is 0 Å². The molecule has 3 atom stereocenters. The van der Waals surface area contributed by atoms with Crippen LogP contribution in [0.3, 0.4) is 0 Å². The summed E-state index contributed by atoms with van der Waals surface area (Å²) >= 11 is 0. The van der Waals surface area contributed by atoms with E-state index in [1.165, 1.54) is 30.4 Å². The van der Waals surface area contributed by atoms with Gasteiger partial charge in [-0.05, 0) is 49.7 Å². The van der Waals surface area contributed by atoms with Gasteiger partial charge in [-0.3, -0.25) is 0 Å². The van der Waals surface area contributed by atoms with Gasteiger partial charge < -0.3 is 10.4 Å². The second-order valence-electron chi connectivity index (χ2n) is 5.42. The average Bonchev–Trinajstić information content (AvgIpc) is 2.76. The van der Waals surface area contributed by atoms with Crippen LogP contribution in [0.15, 0.2) is 24.3 Å². The zero-order valence-corrected chi connectivity index (χ0v) is 10.2. The highest BCUT2D eigenvalue weighted by Crippen LogP contribution is 2.31. The van der Waals surface area contributed by atoms with Crippen molar-refractivity contribution in [3.8, 4) is 0 Å². The highest BCUT2D eigenvalue weighted by molar-refractivity contribution is 5.32. The fraction of sp³-hybridized carbons (Fsp3) is 0.600. The summed E-state index contributed by atoms with van der Waals surface area (Å²) in [6, 6.07) is 9.51. The molecular weight excluding hydrogens is 210 g/mol. The molecule has 17 heavy (non-hydrogen) atoms. The van der Waals surface area contributed by atoms with Crippen LogP contribution in [-0.2, 0) is 6.42 Å². The Morgan fingerprint density at radius 1 is 1.06 bits per heavy atom. The maximum absolute atomic E-state index is 9.91. The van der Waals surface area contributed by atoms with Crippen molar-refractivity contribution < 1.29 is 5.11 Å². The van der Waals surface area contributed by atoms with Gasteiger partial charge in [0.2, 0.25) is 0 Å². The van der Waals surface area contributed by atoms with Crippen molar-refractivity contribution in [2.45, 2.75) is 56.7 Å². The molecule has 0 radical (unpaired) electrons. The molecular formula is C15H21NO. The number of aliphatic hydroxyl groups is 1. The summed E-state index contributed by atoms with van der Waals surface area (Å²) in [7, 11) is 0. The highest BCUT2D eigenvalue weighted by Gasteiger charge is 2.29. The maximum Gasteiger partial charge on any atom is 0.0693 e. The molecule has 3 unspecified atom stereocenters. The topological polar surface area (TPSA) is 32.3 Å². The normalized spacial score (nSPS) is 32.4. The summed E-state index contributed by atoms with van der Waals surface area (Å²) in [6.45, 7) is 0. The molecule has 0 heterocycles. The lowest BCUT2D eigenvalue weighted by atomic mass is 9.87. The van der Waals surface area contributed by atoms with E-state index < -0.39 is 0 Å². The van der Waals surface area contributed by atoms with Crippen molar-refractivity contribution in [1.29, 1.82) is 0 Å². The predicted octanol–water partition coefficient (Wildman–Crippen LogP) is 2.57. The van der Waals surface area contributed by atoms with Gasteiger partial charge in [-0.1, -0.05) is 24.3 Å². The Bertz CT molecular complexity index is 390. The van der Waals surface area contributed by atoms with Gasteiger partial charge in [0, 0.05) is 12.1 Å². The molecule has 0 saturated heterocycles. The first-order valence-electron chi connectivity index (χ1n) is 6.86. The molecule has 2 N–H and O–H groups in total. The molecule has 1 saturated carbocycles. The maximum atomic E-state index is 9.91. The van der Waals surface area contributed by atoms with Crippen LogP contribution in [0.1, 0.15) is 49.3 Å². The zero-order chi connectivity index (χ0) is 11.7. The van der Waals surface area contributed by atoms with E-state index >= 15 is 0 Å². The first kappa shape index (κ1) is 11.2. The molecule has 0 amide bonds.